The van der Waals surface area contributed by atoms with Crippen molar-refractivity contribution >= 4 is 33.8 Å². The van der Waals surface area contributed by atoms with Gasteiger partial charge in [-0.3, -0.25) is 14.4 Å². The average molecular weight is 514 g/mol. The molecular weight excluding hydrogens is 486 g/mol. The molecule has 174 valence electrons. The summed E-state index contributed by atoms with van der Waals surface area (Å²) < 4.78 is 11.1. The Hall–Kier alpha value is -2.93. The van der Waals surface area contributed by atoms with Crippen LogP contribution in [-0.2, 0) is 36.8 Å². The van der Waals surface area contributed by atoms with Crippen molar-refractivity contribution in [1.82, 2.24) is 4.90 Å². The fraction of sp³-hybridized carbons (Fsp3) is 0.346. The quantitative estimate of drug-likeness (QED) is 0.296. The number of rotatable bonds is 8. The molecule has 1 aliphatic rings. The van der Waals surface area contributed by atoms with Crippen LogP contribution in [0.15, 0.2) is 71.2 Å². The van der Waals surface area contributed by atoms with Crippen molar-refractivity contribution in [2.24, 2.45) is 5.92 Å². The molecular formula is C26H28BrNO5. The van der Waals surface area contributed by atoms with E-state index in [0.717, 1.165) is 15.6 Å². The molecule has 0 N–H and O–H groups in total. The predicted molar refractivity (Wildman–Crippen MR) is 128 cm³/mol. The van der Waals surface area contributed by atoms with Crippen LogP contribution in [0.4, 0.5) is 0 Å². The Morgan fingerprint density at radius 3 is 2.33 bits per heavy atom. The Morgan fingerprint density at radius 2 is 1.73 bits per heavy atom. The van der Waals surface area contributed by atoms with Crippen molar-refractivity contribution in [2.75, 3.05) is 7.11 Å². The number of nitrogens with zero attached hydrogens (tertiary/aromatic N) is 1. The van der Waals surface area contributed by atoms with E-state index in [1.807, 2.05) is 66.7 Å². The minimum Gasteiger partial charge on any atom is -0.468 e. The van der Waals surface area contributed by atoms with E-state index in [9.17, 15) is 14.4 Å². The molecule has 1 aliphatic carbocycles. The highest BCUT2D eigenvalue weighted by Gasteiger charge is 2.36. The van der Waals surface area contributed by atoms with Gasteiger partial charge in [-0.2, -0.15) is 0 Å². The third kappa shape index (κ3) is 6.78. The first-order valence-electron chi connectivity index (χ1n) is 10.9. The zero-order chi connectivity index (χ0) is 23.8. The summed E-state index contributed by atoms with van der Waals surface area (Å²) in [5.74, 6) is -2.16. The average Bonchev–Trinajstić information content (AvgIpc) is 2.82. The molecule has 33 heavy (non-hydrogen) atoms. The molecule has 0 radical (unpaired) electrons. The number of methoxy groups -OCH3 is 1. The highest BCUT2D eigenvalue weighted by atomic mass is 79.9. The third-order valence-corrected chi connectivity index (χ3v) is 6.43. The number of benzene rings is 2. The zero-order valence-corrected chi connectivity index (χ0v) is 20.4. The van der Waals surface area contributed by atoms with E-state index in [4.69, 9.17) is 9.47 Å². The summed E-state index contributed by atoms with van der Waals surface area (Å²) in [6.07, 6.45) is 4.86. The van der Waals surface area contributed by atoms with E-state index in [2.05, 4.69) is 15.9 Å². The summed E-state index contributed by atoms with van der Waals surface area (Å²) in [7, 11) is 1.30. The number of carbonyl (C=O) groups excluding carboxylic acids is 3. The van der Waals surface area contributed by atoms with Crippen molar-refractivity contribution in [3.63, 3.8) is 0 Å². The number of carbonyl (C=O) groups is 3. The smallest absolute Gasteiger partial charge is 0.318 e. The zero-order valence-electron chi connectivity index (χ0n) is 18.8. The summed E-state index contributed by atoms with van der Waals surface area (Å²) in [5, 5.41) is 0. The molecule has 0 saturated heterocycles. The van der Waals surface area contributed by atoms with E-state index >= 15 is 0 Å². The van der Waals surface area contributed by atoms with Crippen LogP contribution in [0.2, 0.25) is 0 Å². The minimum absolute atomic E-state index is 0.226. The van der Waals surface area contributed by atoms with Crippen LogP contribution in [0.1, 0.15) is 30.9 Å². The molecule has 3 rings (SSSR count). The lowest BCUT2D eigenvalue weighted by Crippen LogP contribution is -2.46. The highest BCUT2D eigenvalue weighted by molar-refractivity contribution is 9.10. The largest absolute Gasteiger partial charge is 0.468 e. The maximum Gasteiger partial charge on any atom is 0.318 e. The second-order valence-electron chi connectivity index (χ2n) is 8.00. The number of esters is 2. The van der Waals surface area contributed by atoms with Gasteiger partial charge in [-0.15, -0.1) is 0 Å². The minimum atomic E-state index is -0.975. The van der Waals surface area contributed by atoms with Gasteiger partial charge in [0, 0.05) is 17.9 Å². The molecule has 0 fully saturated rings. The molecule has 0 bridgehead atoms. The first kappa shape index (κ1) is 24.7. The van der Waals surface area contributed by atoms with Gasteiger partial charge in [-0.05, 0) is 42.5 Å². The van der Waals surface area contributed by atoms with Gasteiger partial charge in [0.05, 0.1) is 13.2 Å². The molecule has 0 aliphatic heterocycles. The standard InChI is InChI=1S/C26H28BrNO5/c1-18(29)33-22-14-12-21(13-15-22)28(17-19-8-4-3-5-9-19)25(30)23(26(31)32-2)16-20-10-6-7-11-24(20)27/h3-12,14,21-23H,13,15-17H2,1-2H3/t21-,22+,23?/m1/s1. The van der Waals surface area contributed by atoms with Gasteiger partial charge < -0.3 is 14.4 Å². The topological polar surface area (TPSA) is 72.9 Å². The van der Waals surface area contributed by atoms with Crippen LogP contribution in [0.25, 0.3) is 0 Å². The molecule has 0 aromatic heterocycles. The third-order valence-electron chi connectivity index (χ3n) is 5.66. The Bertz CT molecular complexity index is 1010. The number of amides is 1. The van der Waals surface area contributed by atoms with Crippen molar-refractivity contribution < 1.29 is 23.9 Å². The number of halogens is 1. The summed E-state index contributed by atoms with van der Waals surface area (Å²) in [4.78, 5) is 39.6. The monoisotopic (exact) mass is 513 g/mol. The van der Waals surface area contributed by atoms with Crippen LogP contribution >= 0.6 is 15.9 Å². The normalized spacial score (nSPS) is 18.3. The molecule has 6 nitrogen and oxygen atoms in total. The Labute approximate surface area is 202 Å². The maximum absolute atomic E-state index is 13.8. The highest BCUT2D eigenvalue weighted by Crippen LogP contribution is 2.26. The maximum atomic E-state index is 13.8. The molecule has 2 aromatic rings. The first-order valence-corrected chi connectivity index (χ1v) is 11.7. The van der Waals surface area contributed by atoms with Crippen molar-refractivity contribution in [3.05, 3.63) is 82.3 Å². The van der Waals surface area contributed by atoms with Gasteiger partial charge in [0.2, 0.25) is 5.91 Å². The van der Waals surface area contributed by atoms with Gasteiger partial charge in [0.1, 0.15) is 12.0 Å². The summed E-state index contributed by atoms with van der Waals surface area (Å²) in [5.41, 5.74) is 1.82. The number of ether oxygens (including phenoxy) is 2. The van der Waals surface area contributed by atoms with Crippen molar-refractivity contribution in [3.8, 4) is 0 Å². The van der Waals surface area contributed by atoms with Gasteiger partial charge in [0.15, 0.2) is 0 Å². The van der Waals surface area contributed by atoms with E-state index in [1.54, 1.807) is 4.90 Å². The van der Waals surface area contributed by atoms with Gasteiger partial charge in [0.25, 0.3) is 0 Å². The van der Waals surface area contributed by atoms with Gasteiger partial charge in [-0.1, -0.05) is 70.5 Å². The van der Waals surface area contributed by atoms with Crippen LogP contribution < -0.4 is 0 Å². The Balaban J connectivity index is 1.90. The fourth-order valence-electron chi connectivity index (χ4n) is 3.99. The van der Waals surface area contributed by atoms with Crippen LogP contribution in [0.3, 0.4) is 0 Å². The molecule has 0 spiro atoms. The van der Waals surface area contributed by atoms with Gasteiger partial charge in [-0.25, -0.2) is 0 Å². The predicted octanol–water partition coefficient (Wildman–Crippen LogP) is 4.46. The molecule has 1 unspecified atom stereocenters. The number of hydrogen-bond acceptors (Lipinski definition) is 5. The van der Waals surface area contributed by atoms with E-state index in [0.29, 0.717) is 19.4 Å². The van der Waals surface area contributed by atoms with E-state index < -0.39 is 11.9 Å². The van der Waals surface area contributed by atoms with E-state index in [-0.39, 0.29) is 30.4 Å². The molecule has 1 amide bonds. The second-order valence-corrected chi connectivity index (χ2v) is 8.85. The fourth-order valence-corrected chi connectivity index (χ4v) is 4.43. The lowest BCUT2D eigenvalue weighted by molar-refractivity contribution is -0.155. The molecule has 7 heteroatoms. The molecule has 2 aromatic carbocycles. The summed E-state index contributed by atoms with van der Waals surface area (Å²) in [6, 6.07) is 17.0. The van der Waals surface area contributed by atoms with Crippen molar-refractivity contribution in [2.45, 2.75) is 44.9 Å². The molecule has 0 heterocycles. The Morgan fingerprint density at radius 1 is 1.03 bits per heavy atom. The lowest BCUT2D eigenvalue weighted by atomic mass is 9.94. The Kier molecular flexibility index (Phi) is 8.83. The molecule has 0 saturated carbocycles. The van der Waals surface area contributed by atoms with Crippen molar-refractivity contribution in [1.29, 1.82) is 0 Å². The SMILES string of the molecule is COC(=O)C(Cc1ccccc1Br)C(=O)N(Cc1ccccc1)[C@@H]1C=C[C@H](OC(C)=O)CC1. The van der Waals surface area contributed by atoms with Crippen LogP contribution in [-0.4, -0.2) is 42.0 Å². The van der Waals surface area contributed by atoms with Gasteiger partial charge >= 0.3 is 11.9 Å². The van der Waals surface area contributed by atoms with Crippen LogP contribution in [0.5, 0.6) is 0 Å². The lowest BCUT2D eigenvalue weighted by Gasteiger charge is -2.35. The second kappa shape index (κ2) is 11.8. The summed E-state index contributed by atoms with van der Waals surface area (Å²) in [6.45, 7) is 1.74. The molecule has 3 atom stereocenters. The summed E-state index contributed by atoms with van der Waals surface area (Å²) >= 11 is 3.51. The van der Waals surface area contributed by atoms with Crippen LogP contribution in [0, 0.1) is 5.92 Å². The number of hydrogen-bond donors (Lipinski definition) is 0. The van der Waals surface area contributed by atoms with E-state index in [1.165, 1.54) is 14.0 Å². The first-order chi connectivity index (χ1) is 15.9.